The number of amides is 1. The van der Waals surface area contributed by atoms with E-state index in [2.05, 4.69) is 15.0 Å². The Morgan fingerprint density at radius 1 is 1.14 bits per heavy atom. The van der Waals surface area contributed by atoms with Crippen LogP contribution in [0.2, 0.25) is 0 Å². The summed E-state index contributed by atoms with van der Waals surface area (Å²) in [7, 11) is -2.07. The average Bonchev–Trinajstić information content (AvgIpc) is 2.94. The van der Waals surface area contributed by atoms with Crippen LogP contribution >= 0.6 is 0 Å². The number of aliphatic imine (C=N–C) groups is 1. The monoisotopic (exact) mass is 401 g/mol. The Hall–Kier alpha value is -2.87. The number of fused-ring (bicyclic) bond motifs is 1. The lowest BCUT2D eigenvalue weighted by atomic mass is 10.0. The minimum Gasteiger partial charge on any atom is -0.496 e. The largest absolute Gasteiger partial charge is 0.496 e. The second-order valence-electron chi connectivity index (χ2n) is 6.80. The summed E-state index contributed by atoms with van der Waals surface area (Å²) in [6.07, 6.45) is 0. The number of benzene rings is 2. The maximum atomic E-state index is 12.8. The number of rotatable bonds is 6. The second-order valence-corrected chi connectivity index (χ2v) is 8.45. The minimum absolute atomic E-state index is 0.123. The number of para-hydroxylation sites is 1. The molecule has 2 aromatic rings. The number of ether oxygens (including phenoxy) is 1. The molecule has 1 aliphatic heterocycles. The van der Waals surface area contributed by atoms with Crippen molar-refractivity contribution in [3.63, 3.8) is 0 Å². The van der Waals surface area contributed by atoms with Gasteiger partial charge in [-0.3, -0.25) is 14.5 Å². The lowest BCUT2D eigenvalue weighted by molar-refractivity contribution is -0.123. The Labute approximate surface area is 164 Å². The number of nitrogens with one attached hydrogen (secondary N) is 2. The number of carbonyl (C=O) groups is 1. The molecule has 0 bridgehead atoms. The van der Waals surface area contributed by atoms with Crippen molar-refractivity contribution >= 4 is 21.8 Å². The zero-order chi connectivity index (χ0) is 20.3. The molecule has 8 heteroatoms. The van der Waals surface area contributed by atoms with E-state index in [0.717, 1.165) is 5.56 Å². The van der Waals surface area contributed by atoms with Gasteiger partial charge in [0.25, 0.3) is 10.0 Å². The van der Waals surface area contributed by atoms with E-state index in [9.17, 15) is 13.2 Å². The highest BCUT2D eigenvalue weighted by atomic mass is 32.2. The van der Waals surface area contributed by atoms with Gasteiger partial charge >= 0.3 is 0 Å². The topological polar surface area (TPSA) is 96.9 Å². The molecule has 1 atom stereocenters. The molecule has 28 heavy (non-hydrogen) atoms. The van der Waals surface area contributed by atoms with Crippen LogP contribution in [-0.4, -0.2) is 33.3 Å². The fraction of sp³-hybridized carbons (Fsp3) is 0.300. The first-order chi connectivity index (χ1) is 13.3. The Morgan fingerprint density at radius 2 is 1.82 bits per heavy atom. The van der Waals surface area contributed by atoms with E-state index in [4.69, 9.17) is 4.74 Å². The first-order valence-electron chi connectivity index (χ1n) is 8.93. The van der Waals surface area contributed by atoms with Gasteiger partial charge in [0.15, 0.2) is 0 Å². The van der Waals surface area contributed by atoms with E-state index in [1.807, 2.05) is 38.1 Å². The van der Waals surface area contributed by atoms with Crippen LogP contribution in [0.1, 0.15) is 25.0 Å². The molecule has 2 N–H and O–H groups in total. The molecule has 0 aromatic heterocycles. The molecule has 3 rings (SSSR count). The van der Waals surface area contributed by atoms with Crippen molar-refractivity contribution in [3.8, 4) is 5.75 Å². The highest BCUT2D eigenvalue weighted by Gasteiger charge is 2.32. The van der Waals surface area contributed by atoms with Crippen molar-refractivity contribution in [1.29, 1.82) is 0 Å². The van der Waals surface area contributed by atoms with Crippen LogP contribution in [0.3, 0.4) is 0 Å². The summed E-state index contributed by atoms with van der Waals surface area (Å²) in [4.78, 5) is 17.4. The summed E-state index contributed by atoms with van der Waals surface area (Å²) in [5, 5.41) is 2.87. The van der Waals surface area contributed by atoms with Gasteiger partial charge in [-0.15, -0.1) is 0 Å². The van der Waals surface area contributed by atoms with Gasteiger partial charge < -0.3 is 10.1 Å². The average molecular weight is 401 g/mol. The molecule has 0 radical (unpaired) electrons. The van der Waals surface area contributed by atoms with Crippen LogP contribution in [0, 0.1) is 5.92 Å². The van der Waals surface area contributed by atoms with E-state index in [1.165, 1.54) is 6.07 Å². The number of carbonyl (C=O) groups excluding carboxylic acids is 1. The van der Waals surface area contributed by atoms with Gasteiger partial charge in [-0.25, -0.2) is 8.42 Å². The molecule has 0 saturated heterocycles. The summed E-state index contributed by atoms with van der Waals surface area (Å²) in [5.74, 6) is 0.480. The van der Waals surface area contributed by atoms with Crippen molar-refractivity contribution in [3.05, 3.63) is 59.7 Å². The quantitative estimate of drug-likeness (QED) is 0.774. The first kappa shape index (κ1) is 19.9. The fourth-order valence-corrected chi connectivity index (χ4v) is 4.25. The number of hydrogen-bond acceptors (Lipinski definition) is 5. The highest BCUT2D eigenvalue weighted by Crippen LogP contribution is 2.23. The summed E-state index contributed by atoms with van der Waals surface area (Å²) in [5.41, 5.74) is 1.33. The Kier molecular flexibility index (Phi) is 5.69. The number of nitrogens with zero attached hydrogens (tertiary/aromatic N) is 1. The summed E-state index contributed by atoms with van der Waals surface area (Å²) >= 11 is 0. The van der Waals surface area contributed by atoms with E-state index in [1.54, 1.807) is 25.3 Å². The smallest absolute Gasteiger partial charge is 0.263 e. The molecule has 0 aliphatic carbocycles. The number of methoxy groups -OCH3 is 1. The molecule has 1 unspecified atom stereocenters. The molecule has 1 amide bonds. The molecule has 7 nitrogen and oxygen atoms in total. The van der Waals surface area contributed by atoms with E-state index in [-0.39, 0.29) is 22.6 Å². The van der Waals surface area contributed by atoms with Crippen LogP contribution in [-0.2, 0) is 21.4 Å². The number of sulfonamides is 1. The zero-order valence-electron chi connectivity index (χ0n) is 16.0. The lowest BCUT2D eigenvalue weighted by Gasteiger charge is -2.18. The van der Waals surface area contributed by atoms with Crippen molar-refractivity contribution in [2.24, 2.45) is 10.9 Å². The zero-order valence-corrected chi connectivity index (χ0v) is 16.8. The molecule has 2 aromatic carbocycles. The summed E-state index contributed by atoms with van der Waals surface area (Å²) < 4.78 is 32.3. The maximum Gasteiger partial charge on any atom is 0.263 e. The highest BCUT2D eigenvalue weighted by molar-refractivity contribution is 7.90. The van der Waals surface area contributed by atoms with Gasteiger partial charge in [-0.1, -0.05) is 44.2 Å². The lowest BCUT2D eigenvalue weighted by Crippen LogP contribution is -2.38. The van der Waals surface area contributed by atoms with Gasteiger partial charge in [0.1, 0.15) is 17.6 Å². The molecule has 1 aliphatic rings. The van der Waals surface area contributed by atoms with Crippen LogP contribution in [0.25, 0.3) is 0 Å². The number of hydrogen-bond donors (Lipinski definition) is 2. The molecular weight excluding hydrogens is 378 g/mol. The molecule has 1 heterocycles. The Balaban J connectivity index is 1.83. The predicted molar refractivity (Wildman–Crippen MR) is 107 cm³/mol. The molecule has 148 valence electrons. The second kappa shape index (κ2) is 8.02. The molecule has 0 saturated carbocycles. The van der Waals surface area contributed by atoms with Crippen molar-refractivity contribution < 1.29 is 17.9 Å². The van der Waals surface area contributed by atoms with Crippen LogP contribution in [0.15, 0.2) is 58.4 Å². The molecular formula is C20H23N3O4S. The minimum atomic E-state index is -3.65. The van der Waals surface area contributed by atoms with Gasteiger partial charge in [-0.2, -0.15) is 0 Å². The van der Waals surface area contributed by atoms with Crippen molar-refractivity contribution in [2.45, 2.75) is 31.3 Å². The van der Waals surface area contributed by atoms with E-state index in [0.29, 0.717) is 17.9 Å². The van der Waals surface area contributed by atoms with Crippen LogP contribution < -0.4 is 14.8 Å². The molecule has 0 spiro atoms. The Bertz CT molecular complexity index is 1020. The third kappa shape index (κ3) is 4.01. The standard InChI is InChI=1S/C20H23N3O4S/c1-13(2)18(20(24)21-12-14-8-4-6-10-16(14)27-3)22-19-15-9-5-7-11-17(15)28(25,26)23-19/h4-11,13,18H,12H2,1-3H3,(H,21,24)(H,22,23). The fourth-order valence-electron chi connectivity index (χ4n) is 3.02. The first-order valence-corrected chi connectivity index (χ1v) is 10.4. The van der Waals surface area contributed by atoms with E-state index < -0.39 is 16.1 Å². The third-order valence-corrected chi connectivity index (χ3v) is 5.87. The number of amidine groups is 1. The maximum absolute atomic E-state index is 12.8. The Morgan fingerprint density at radius 3 is 2.54 bits per heavy atom. The molecule has 0 fully saturated rings. The predicted octanol–water partition coefficient (Wildman–Crippen LogP) is 2.07. The third-order valence-electron chi connectivity index (χ3n) is 4.48. The van der Waals surface area contributed by atoms with Gasteiger partial charge in [-0.05, 0) is 24.1 Å². The van der Waals surface area contributed by atoms with Crippen molar-refractivity contribution in [2.75, 3.05) is 7.11 Å². The SMILES string of the molecule is COc1ccccc1CNC(=O)C(N=C1NS(=O)(=O)c2ccccc21)C(C)C. The summed E-state index contributed by atoms with van der Waals surface area (Å²) in [6, 6.07) is 13.3. The summed E-state index contributed by atoms with van der Waals surface area (Å²) in [6.45, 7) is 4.03. The normalized spacial score (nSPS) is 17.1. The van der Waals surface area contributed by atoms with Crippen LogP contribution in [0.4, 0.5) is 0 Å². The van der Waals surface area contributed by atoms with Gasteiger partial charge in [0.2, 0.25) is 5.91 Å². The van der Waals surface area contributed by atoms with Gasteiger partial charge in [0, 0.05) is 17.7 Å². The van der Waals surface area contributed by atoms with Gasteiger partial charge in [0.05, 0.1) is 12.0 Å². The van der Waals surface area contributed by atoms with E-state index >= 15 is 0 Å². The van der Waals surface area contributed by atoms with Crippen molar-refractivity contribution in [1.82, 2.24) is 10.0 Å². The van der Waals surface area contributed by atoms with Crippen LogP contribution in [0.5, 0.6) is 5.75 Å².